The predicted octanol–water partition coefficient (Wildman–Crippen LogP) is 0.0749. The Morgan fingerprint density at radius 3 is 1.97 bits per heavy atom. The maximum atomic E-state index is 13.2. The van der Waals surface area contributed by atoms with Crippen molar-refractivity contribution in [2.24, 2.45) is 11.7 Å². The first-order valence-corrected chi connectivity index (χ1v) is 13.1. The molecule has 3 amide bonds. The number of nitrogens with one attached hydrogen (secondary N) is 3. The minimum Gasteiger partial charge on any atom is -0.508 e. The van der Waals surface area contributed by atoms with E-state index in [-0.39, 0.29) is 31.4 Å². The number of carboxylic acid groups (broad SMARTS) is 2. The van der Waals surface area contributed by atoms with Gasteiger partial charge in [0.25, 0.3) is 0 Å². The van der Waals surface area contributed by atoms with Gasteiger partial charge in [0, 0.05) is 12.8 Å². The Balaban J connectivity index is 3.11. The van der Waals surface area contributed by atoms with Crippen LogP contribution in [-0.4, -0.2) is 81.2 Å². The third-order valence-electron chi connectivity index (χ3n) is 5.49. The standard InChI is InChI=1S/C24H36N4O8S/c1-13(2)20(24(35)36)28-23(34)18(12-14-4-6-15(29)7-5-14)27-22(33)17(10-11-37-3)26-21(32)16(25)8-9-19(30)31/h4-7,13,16-18,20,29H,8-12,25H2,1-3H3,(H,26,32)(H,27,33)(H,28,34)(H,30,31)(H,35,36). The fraction of sp³-hybridized carbons (Fsp3) is 0.542. The molecular formula is C24H36N4O8S. The summed E-state index contributed by atoms with van der Waals surface area (Å²) in [7, 11) is 0. The maximum absolute atomic E-state index is 13.2. The molecule has 8 N–H and O–H groups in total. The summed E-state index contributed by atoms with van der Waals surface area (Å²) in [5.41, 5.74) is 6.36. The van der Waals surface area contributed by atoms with E-state index < -0.39 is 59.7 Å². The van der Waals surface area contributed by atoms with E-state index in [0.29, 0.717) is 11.3 Å². The fourth-order valence-electron chi connectivity index (χ4n) is 3.31. The number of carboxylic acids is 2. The number of rotatable bonds is 16. The van der Waals surface area contributed by atoms with Crippen LogP contribution in [0.2, 0.25) is 0 Å². The molecule has 0 aliphatic rings. The van der Waals surface area contributed by atoms with Crippen molar-refractivity contribution in [2.45, 2.75) is 63.7 Å². The Morgan fingerprint density at radius 2 is 1.46 bits per heavy atom. The largest absolute Gasteiger partial charge is 0.508 e. The quantitative estimate of drug-likeness (QED) is 0.150. The third kappa shape index (κ3) is 11.5. The zero-order valence-electron chi connectivity index (χ0n) is 21.1. The number of carbonyl (C=O) groups excluding carboxylic acids is 3. The number of phenols is 1. The summed E-state index contributed by atoms with van der Waals surface area (Å²) in [5.74, 6) is -4.35. The van der Waals surface area contributed by atoms with Crippen molar-refractivity contribution in [1.82, 2.24) is 16.0 Å². The fourth-order valence-corrected chi connectivity index (χ4v) is 3.78. The summed E-state index contributed by atoms with van der Waals surface area (Å²) < 4.78 is 0. The smallest absolute Gasteiger partial charge is 0.326 e. The van der Waals surface area contributed by atoms with Crippen molar-refractivity contribution in [2.75, 3.05) is 12.0 Å². The van der Waals surface area contributed by atoms with E-state index in [1.165, 1.54) is 23.9 Å². The van der Waals surface area contributed by atoms with Gasteiger partial charge < -0.3 is 37.0 Å². The number of thioether (sulfide) groups is 1. The second kappa shape index (κ2) is 15.7. The van der Waals surface area contributed by atoms with Gasteiger partial charge >= 0.3 is 11.9 Å². The average molecular weight is 541 g/mol. The molecule has 1 aromatic carbocycles. The van der Waals surface area contributed by atoms with Gasteiger partial charge in [-0.3, -0.25) is 19.2 Å². The molecule has 0 spiro atoms. The molecule has 0 heterocycles. The van der Waals surface area contributed by atoms with Gasteiger partial charge in [-0.25, -0.2) is 4.79 Å². The van der Waals surface area contributed by atoms with Crippen LogP contribution >= 0.6 is 11.8 Å². The molecule has 0 saturated heterocycles. The van der Waals surface area contributed by atoms with Crippen LogP contribution in [0, 0.1) is 5.92 Å². The van der Waals surface area contributed by atoms with E-state index in [4.69, 9.17) is 10.8 Å². The molecule has 1 rings (SSSR count). The summed E-state index contributed by atoms with van der Waals surface area (Å²) in [5, 5.41) is 35.4. The van der Waals surface area contributed by atoms with E-state index in [9.17, 15) is 34.2 Å². The highest BCUT2D eigenvalue weighted by atomic mass is 32.2. The summed E-state index contributed by atoms with van der Waals surface area (Å²) >= 11 is 1.43. The summed E-state index contributed by atoms with van der Waals surface area (Å²) in [4.78, 5) is 61.1. The van der Waals surface area contributed by atoms with Gasteiger partial charge in [0.05, 0.1) is 6.04 Å². The van der Waals surface area contributed by atoms with Crippen molar-refractivity contribution in [1.29, 1.82) is 0 Å². The molecule has 0 bridgehead atoms. The van der Waals surface area contributed by atoms with Crippen LogP contribution in [0.1, 0.15) is 38.7 Å². The number of nitrogens with two attached hydrogens (primary N) is 1. The van der Waals surface area contributed by atoms with Crippen LogP contribution in [0.3, 0.4) is 0 Å². The number of aromatic hydroxyl groups is 1. The molecule has 4 atom stereocenters. The average Bonchev–Trinajstić information content (AvgIpc) is 2.83. The number of aliphatic carboxylic acids is 2. The van der Waals surface area contributed by atoms with E-state index in [2.05, 4.69) is 16.0 Å². The monoisotopic (exact) mass is 540 g/mol. The maximum Gasteiger partial charge on any atom is 0.326 e. The van der Waals surface area contributed by atoms with Gasteiger partial charge in [0.1, 0.15) is 23.9 Å². The van der Waals surface area contributed by atoms with E-state index >= 15 is 0 Å². The van der Waals surface area contributed by atoms with Gasteiger partial charge in [0.15, 0.2) is 0 Å². The lowest BCUT2D eigenvalue weighted by Crippen LogP contribution is -2.58. The summed E-state index contributed by atoms with van der Waals surface area (Å²) in [6.07, 6.45) is 1.58. The molecule has 0 fully saturated rings. The number of hydrogen-bond donors (Lipinski definition) is 7. The van der Waals surface area contributed by atoms with Crippen LogP contribution in [0.4, 0.5) is 0 Å². The molecule has 12 nitrogen and oxygen atoms in total. The van der Waals surface area contributed by atoms with Gasteiger partial charge in [-0.15, -0.1) is 0 Å². The minimum atomic E-state index is -1.22. The SMILES string of the molecule is CSCCC(NC(=O)C(N)CCC(=O)O)C(=O)NC(Cc1ccc(O)cc1)C(=O)NC(C(=O)O)C(C)C. The summed E-state index contributed by atoms with van der Waals surface area (Å²) in [6, 6.07) is 1.38. The Morgan fingerprint density at radius 1 is 0.892 bits per heavy atom. The summed E-state index contributed by atoms with van der Waals surface area (Å²) in [6.45, 7) is 3.27. The molecular weight excluding hydrogens is 504 g/mol. The van der Waals surface area contributed by atoms with Crippen LogP contribution < -0.4 is 21.7 Å². The molecule has 37 heavy (non-hydrogen) atoms. The van der Waals surface area contributed by atoms with Gasteiger partial charge in [0.2, 0.25) is 17.7 Å². The Hall–Kier alpha value is -3.32. The molecule has 0 aliphatic heterocycles. The number of phenolic OH excluding ortho intramolecular Hbond substituents is 1. The van der Waals surface area contributed by atoms with Crippen LogP contribution in [-0.2, 0) is 30.4 Å². The van der Waals surface area contributed by atoms with Crippen molar-refractivity contribution < 1.29 is 39.3 Å². The van der Waals surface area contributed by atoms with Crippen molar-refractivity contribution in [3.8, 4) is 5.75 Å². The van der Waals surface area contributed by atoms with E-state index in [1.54, 1.807) is 26.0 Å². The van der Waals surface area contributed by atoms with Gasteiger partial charge in [-0.1, -0.05) is 26.0 Å². The first kappa shape index (κ1) is 31.7. The van der Waals surface area contributed by atoms with E-state index in [1.807, 2.05) is 6.26 Å². The highest BCUT2D eigenvalue weighted by Gasteiger charge is 2.31. The van der Waals surface area contributed by atoms with Crippen molar-refractivity contribution >= 4 is 41.4 Å². The molecule has 0 aliphatic carbocycles. The first-order valence-electron chi connectivity index (χ1n) is 11.7. The normalized spacial score (nSPS) is 14.2. The molecule has 0 saturated carbocycles. The van der Waals surface area contributed by atoms with Crippen molar-refractivity contribution in [3.63, 3.8) is 0 Å². The topological polar surface area (TPSA) is 208 Å². The molecule has 1 aromatic rings. The lowest BCUT2D eigenvalue weighted by molar-refractivity contribution is -0.143. The molecule has 206 valence electrons. The Bertz CT molecular complexity index is 941. The minimum absolute atomic E-state index is 0.0103. The van der Waals surface area contributed by atoms with Crippen LogP contribution in [0.25, 0.3) is 0 Å². The lowest BCUT2D eigenvalue weighted by atomic mass is 10.0. The molecule has 4 unspecified atom stereocenters. The second-order valence-electron chi connectivity index (χ2n) is 8.88. The number of hydrogen-bond acceptors (Lipinski definition) is 8. The van der Waals surface area contributed by atoms with Crippen molar-refractivity contribution in [3.05, 3.63) is 29.8 Å². The van der Waals surface area contributed by atoms with Gasteiger partial charge in [-0.05, 0) is 48.5 Å². The highest BCUT2D eigenvalue weighted by molar-refractivity contribution is 7.98. The lowest BCUT2D eigenvalue weighted by Gasteiger charge is -2.26. The van der Waals surface area contributed by atoms with Crippen LogP contribution in [0.15, 0.2) is 24.3 Å². The zero-order valence-corrected chi connectivity index (χ0v) is 21.9. The molecule has 0 radical (unpaired) electrons. The number of benzene rings is 1. The van der Waals surface area contributed by atoms with E-state index in [0.717, 1.165) is 0 Å². The van der Waals surface area contributed by atoms with Gasteiger partial charge in [-0.2, -0.15) is 11.8 Å². The number of carbonyl (C=O) groups is 5. The zero-order chi connectivity index (χ0) is 28.1. The Kier molecular flexibility index (Phi) is 13.5. The predicted molar refractivity (Wildman–Crippen MR) is 138 cm³/mol. The third-order valence-corrected chi connectivity index (χ3v) is 6.13. The van der Waals surface area contributed by atoms with Crippen LogP contribution in [0.5, 0.6) is 5.75 Å². The molecule has 13 heteroatoms. The molecule has 0 aromatic heterocycles. The first-order chi connectivity index (χ1) is 17.3. The second-order valence-corrected chi connectivity index (χ2v) is 9.87. The Labute approximate surface area is 219 Å². The number of amides is 3. The highest BCUT2D eigenvalue weighted by Crippen LogP contribution is 2.13.